The van der Waals surface area contributed by atoms with E-state index in [-0.39, 0.29) is 18.2 Å². The third-order valence-electron chi connectivity index (χ3n) is 5.10. The second-order valence-electron chi connectivity index (χ2n) is 7.07. The molecule has 31 heavy (non-hydrogen) atoms. The molecule has 2 fully saturated rings. The molecule has 0 aromatic carbocycles. The predicted molar refractivity (Wildman–Crippen MR) is 102 cm³/mol. The lowest BCUT2D eigenvalue weighted by molar-refractivity contribution is -0.346. The second-order valence-corrected chi connectivity index (χ2v) is 7.07. The van der Waals surface area contributed by atoms with Gasteiger partial charge >= 0.3 is 5.69 Å². The summed E-state index contributed by atoms with van der Waals surface area (Å²) in [5.41, 5.74) is 4.56. The molecule has 1 aromatic heterocycles. The zero-order valence-corrected chi connectivity index (χ0v) is 16.8. The van der Waals surface area contributed by atoms with E-state index in [1.54, 1.807) is 0 Å². The van der Waals surface area contributed by atoms with Crippen LogP contribution in [0.1, 0.15) is 6.23 Å². The minimum atomic E-state index is -1.77. The van der Waals surface area contributed by atoms with E-state index in [0.29, 0.717) is 0 Å². The number of hydrogen-bond donors (Lipinski definition) is 8. The summed E-state index contributed by atoms with van der Waals surface area (Å²) in [7, 11) is 0. The van der Waals surface area contributed by atoms with Crippen molar-refractivity contribution in [2.45, 2.75) is 61.3 Å². The number of halogens is 1. The van der Waals surface area contributed by atoms with Crippen molar-refractivity contribution in [3.05, 3.63) is 22.7 Å². The van der Waals surface area contributed by atoms with Gasteiger partial charge in [-0.3, -0.25) is 4.57 Å². The number of aliphatic hydroxyl groups excluding tert-OH is 7. The van der Waals surface area contributed by atoms with Gasteiger partial charge in [0.05, 0.1) is 13.2 Å². The molecule has 2 saturated heterocycles. The highest BCUT2D eigenvalue weighted by atomic mass is 35.5. The van der Waals surface area contributed by atoms with Crippen LogP contribution in [0.25, 0.3) is 0 Å². The molecule has 10 unspecified atom stereocenters. The van der Waals surface area contributed by atoms with Gasteiger partial charge < -0.3 is 55.7 Å². The highest BCUT2D eigenvalue weighted by Crippen LogP contribution is 2.32. The van der Waals surface area contributed by atoms with E-state index in [1.807, 2.05) is 0 Å². The van der Waals surface area contributed by atoms with E-state index in [9.17, 15) is 40.5 Å². The first-order chi connectivity index (χ1) is 14.2. The average molecular weight is 472 g/mol. The van der Waals surface area contributed by atoms with E-state index in [1.165, 1.54) is 12.3 Å². The Morgan fingerprint density at radius 1 is 0.968 bits per heavy atom. The van der Waals surface area contributed by atoms with Crippen LogP contribution < -0.4 is 11.4 Å². The summed E-state index contributed by atoms with van der Waals surface area (Å²) < 4.78 is 17.0. The molecule has 2 aliphatic rings. The summed E-state index contributed by atoms with van der Waals surface area (Å²) in [5.74, 6) is -0.0652. The maximum atomic E-state index is 12.0. The molecule has 0 spiro atoms. The average Bonchev–Trinajstić information content (AvgIpc) is 2.72. The first-order valence-electron chi connectivity index (χ1n) is 9.12. The van der Waals surface area contributed by atoms with Gasteiger partial charge in [0, 0.05) is 6.20 Å². The summed E-state index contributed by atoms with van der Waals surface area (Å²) in [6, 6.07) is 1.27. The largest absolute Gasteiger partial charge is 0.394 e. The minimum absolute atomic E-state index is 0. The minimum Gasteiger partial charge on any atom is -0.394 e. The van der Waals surface area contributed by atoms with Gasteiger partial charge in [-0.25, -0.2) is 4.79 Å². The molecule has 0 bridgehead atoms. The third-order valence-corrected chi connectivity index (χ3v) is 5.10. The number of ether oxygens (including phenoxy) is 3. The molecule has 3 heterocycles. The maximum absolute atomic E-state index is 12.0. The summed E-state index contributed by atoms with van der Waals surface area (Å²) in [6.07, 6.45) is -14.5. The van der Waals surface area contributed by atoms with Crippen LogP contribution in [0.4, 0.5) is 5.82 Å². The highest BCUT2D eigenvalue weighted by molar-refractivity contribution is 5.85. The molecule has 9 N–H and O–H groups in total. The molecule has 0 radical (unpaired) electrons. The fraction of sp³-hybridized carbons (Fsp3) is 0.750. The summed E-state index contributed by atoms with van der Waals surface area (Å²) in [5, 5.41) is 69.7. The van der Waals surface area contributed by atoms with Crippen LogP contribution in [-0.4, -0.2) is 114 Å². The van der Waals surface area contributed by atoms with Crippen molar-refractivity contribution >= 4 is 18.2 Å². The van der Waals surface area contributed by atoms with E-state index in [2.05, 4.69) is 4.98 Å². The summed E-state index contributed by atoms with van der Waals surface area (Å²) in [6.45, 7) is -1.42. The van der Waals surface area contributed by atoms with Gasteiger partial charge in [-0.1, -0.05) is 0 Å². The van der Waals surface area contributed by atoms with Crippen LogP contribution >= 0.6 is 12.4 Å². The first-order valence-corrected chi connectivity index (χ1v) is 9.12. The Morgan fingerprint density at radius 2 is 1.61 bits per heavy atom. The van der Waals surface area contributed by atoms with Crippen LogP contribution in [0.5, 0.6) is 0 Å². The van der Waals surface area contributed by atoms with Crippen molar-refractivity contribution in [3.63, 3.8) is 0 Å². The topological polar surface area (TPSA) is 230 Å². The summed E-state index contributed by atoms with van der Waals surface area (Å²) >= 11 is 0. The van der Waals surface area contributed by atoms with Crippen molar-refractivity contribution in [2.75, 3.05) is 18.9 Å². The Balaban J connectivity index is 0.00000341. The second kappa shape index (κ2) is 10.5. The van der Waals surface area contributed by atoms with Crippen molar-refractivity contribution in [2.24, 2.45) is 0 Å². The Labute approximate surface area is 181 Å². The number of aromatic nitrogens is 2. The molecule has 0 amide bonds. The molecule has 2 aliphatic heterocycles. The lowest BCUT2D eigenvalue weighted by Crippen LogP contribution is -2.64. The molecule has 10 atom stereocenters. The normalized spacial score (nSPS) is 40.9. The van der Waals surface area contributed by atoms with Crippen molar-refractivity contribution in [1.29, 1.82) is 0 Å². The van der Waals surface area contributed by atoms with Crippen LogP contribution in [0.2, 0.25) is 0 Å². The fourth-order valence-electron chi connectivity index (χ4n) is 3.42. The van der Waals surface area contributed by atoms with Crippen LogP contribution in [0.15, 0.2) is 17.1 Å². The smallest absolute Gasteiger partial charge is 0.351 e. The molecule has 14 nitrogen and oxygen atoms in total. The highest BCUT2D eigenvalue weighted by Gasteiger charge is 2.50. The Kier molecular flexibility index (Phi) is 8.71. The predicted octanol–water partition coefficient (Wildman–Crippen LogP) is -4.96. The zero-order valence-electron chi connectivity index (χ0n) is 16.0. The number of nitrogens with two attached hydrogens (primary N) is 1. The number of nitrogens with zero attached hydrogens (tertiary/aromatic N) is 2. The van der Waals surface area contributed by atoms with E-state index < -0.39 is 80.3 Å². The Morgan fingerprint density at radius 3 is 2.19 bits per heavy atom. The van der Waals surface area contributed by atoms with Crippen molar-refractivity contribution in [3.8, 4) is 0 Å². The van der Waals surface area contributed by atoms with E-state index in [0.717, 1.165) is 4.57 Å². The molecule has 178 valence electrons. The molecule has 15 heteroatoms. The molecule has 0 saturated carbocycles. The molecule has 1 aromatic rings. The van der Waals surface area contributed by atoms with E-state index >= 15 is 0 Å². The van der Waals surface area contributed by atoms with Crippen LogP contribution in [0.3, 0.4) is 0 Å². The quantitative estimate of drug-likeness (QED) is 0.201. The SMILES string of the molecule is Cl.Nc1ccn(C2OC(CO)C(OC3OC(CO)C(O)C(O)C3O)C(O)C2O)c(=O)n1. The van der Waals surface area contributed by atoms with Gasteiger partial charge in [-0.05, 0) is 6.07 Å². The molecule has 0 aliphatic carbocycles. The fourth-order valence-corrected chi connectivity index (χ4v) is 3.42. The van der Waals surface area contributed by atoms with Gasteiger partial charge in [-0.15, -0.1) is 12.4 Å². The van der Waals surface area contributed by atoms with Crippen molar-refractivity contribution in [1.82, 2.24) is 9.55 Å². The molecular weight excluding hydrogens is 446 g/mol. The van der Waals surface area contributed by atoms with Crippen LogP contribution in [-0.2, 0) is 14.2 Å². The molecular formula is C16H26ClN3O11. The number of hydrogen-bond acceptors (Lipinski definition) is 13. The lowest BCUT2D eigenvalue weighted by Gasteiger charge is -2.46. The third kappa shape index (κ3) is 4.99. The Bertz CT molecular complexity index is 781. The standard InChI is InChI=1S/C16H25N3O11.ClH/c17-7-1-2-19(16(27)18-7)14-11(25)10(24)13(6(4-21)28-14)30-15-12(26)9(23)8(22)5(3-20)29-15;/h1-2,5-6,8-15,20-26H,3-4H2,(H2,17,18,27);1H. The van der Waals surface area contributed by atoms with Gasteiger partial charge in [0.25, 0.3) is 0 Å². The van der Waals surface area contributed by atoms with Crippen molar-refractivity contribution < 1.29 is 50.0 Å². The number of rotatable bonds is 5. The summed E-state index contributed by atoms with van der Waals surface area (Å²) in [4.78, 5) is 15.5. The van der Waals surface area contributed by atoms with Crippen LogP contribution in [0, 0.1) is 0 Å². The van der Waals surface area contributed by atoms with Gasteiger partial charge in [0.15, 0.2) is 12.5 Å². The molecule has 3 rings (SSSR count). The zero-order chi connectivity index (χ0) is 22.2. The van der Waals surface area contributed by atoms with E-state index in [4.69, 9.17) is 19.9 Å². The van der Waals surface area contributed by atoms with Gasteiger partial charge in [0.2, 0.25) is 0 Å². The number of anilines is 1. The first kappa shape index (κ1) is 25.8. The Hall–Kier alpha value is -1.43. The van der Waals surface area contributed by atoms with Gasteiger partial charge in [0.1, 0.15) is 54.6 Å². The maximum Gasteiger partial charge on any atom is 0.351 e. The monoisotopic (exact) mass is 471 g/mol. The van der Waals surface area contributed by atoms with Gasteiger partial charge in [-0.2, -0.15) is 4.98 Å². The number of nitrogen functional groups attached to an aromatic ring is 1. The number of aliphatic hydroxyl groups is 7. The lowest BCUT2D eigenvalue weighted by atomic mass is 9.96.